The van der Waals surface area contributed by atoms with Gasteiger partial charge >= 0.3 is 0 Å². The van der Waals surface area contributed by atoms with Crippen LogP contribution in [0.1, 0.15) is 6.42 Å². The largest absolute Gasteiger partial charge is 0.493 e. The van der Waals surface area contributed by atoms with Crippen LogP contribution in [0.5, 0.6) is 5.75 Å². The van der Waals surface area contributed by atoms with Gasteiger partial charge in [0.05, 0.1) is 6.61 Å². The second-order valence-electron chi connectivity index (χ2n) is 3.05. The molecule has 2 nitrogen and oxygen atoms in total. The van der Waals surface area contributed by atoms with Gasteiger partial charge in [-0.1, -0.05) is 12.1 Å². The van der Waals surface area contributed by atoms with E-state index in [1.807, 2.05) is 30.5 Å². The van der Waals surface area contributed by atoms with Crippen molar-refractivity contribution >= 4 is 10.8 Å². The lowest BCUT2D eigenvalue weighted by molar-refractivity contribution is 0.328. The first-order valence-electron chi connectivity index (χ1n) is 4.66. The standard InChI is InChI=1S/C12H12NO/c1-2-8-14-12-5-3-4-10-9-13-7-6-11(10)12/h3-7,9H,1-2,8H2. The molecule has 1 heterocycles. The first-order chi connectivity index (χ1) is 6.92. The number of aromatic nitrogens is 1. The van der Waals surface area contributed by atoms with Crippen molar-refractivity contribution in [1.29, 1.82) is 0 Å². The molecule has 2 heteroatoms. The van der Waals surface area contributed by atoms with Crippen LogP contribution < -0.4 is 4.74 Å². The maximum absolute atomic E-state index is 5.58. The van der Waals surface area contributed by atoms with Crippen LogP contribution in [0, 0.1) is 6.92 Å². The molecule has 1 aromatic carbocycles. The van der Waals surface area contributed by atoms with Gasteiger partial charge in [0.25, 0.3) is 0 Å². The highest BCUT2D eigenvalue weighted by Crippen LogP contribution is 2.24. The second-order valence-corrected chi connectivity index (χ2v) is 3.05. The Kier molecular flexibility index (Phi) is 2.63. The monoisotopic (exact) mass is 186 g/mol. The highest BCUT2D eigenvalue weighted by atomic mass is 16.5. The van der Waals surface area contributed by atoms with Crippen LogP contribution in [0.25, 0.3) is 10.8 Å². The molecule has 0 amide bonds. The Hall–Kier alpha value is -1.57. The summed E-state index contributed by atoms with van der Waals surface area (Å²) in [7, 11) is 0. The zero-order chi connectivity index (χ0) is 9.80. The lowest BCUT2D eigenvalue weighted by Gasteiger charge is -2.07. The van der Waals surface area contributed by atoms with Crippen molar-refractivity contribution in [2.75, 3.05) is 6.61 Å². The summed E-state index contributed by atoms with van der Waals surface area (Å²) < 4.78 is 5.58. The molecular formula is C12H12NO. The van der Waals surface area contributed by atoms with E-state index in [0.717, 1.165) is 22.9 Å². The maximum Gasteiger partial charge on any atom is 0.127 e. The number of hydrogen-bond acceptors (Lipinski definition) is 2. The lowest BCUT2D eigenvalue weighted by Crippen LogP contribution is -1.95. The van der Waals surface area contributed by atoms with Crippen LogP contribution in [-0.2, 0) is 0 Å². The molecule has 0 atom stereocenters. The van der Waals surface area contributed by atoms with Gasteiger partial charge in [-0.25, -0.2) is 0 Å². The molecule has 0 aliphatic rings. The second kappa shape index (κ2) is 4.09. The summed E-state index contributed by atoms with van der Waals surface area (Å²) in [5, 5.41) is 2.21. The zero-order valence-corrected chi connectivity index (χ0v) is 7.94. The Morgan fingerprint density at radius 3 is 3.07 bits per heavy atom. The van der Waals surface area contributed by atoms with E-state index in [9.17, 15) is 0 Å². The maximum atomic E-state index is 5.58. The van der Waals surface area contributed by atoms with E-state index < -0.39 is 0 Å². The highest BCUT2D eigenvalue weighted by molar-refractivity contribution is 5.87. The zero-order valence-electron chi connectivity index (χ0n) is 7.94. The Morgan fingerprint density at radius 2 is 2.21 bits per heavy atom. The number of nitrogens with zero attached hydrogens (tertiary/aromatic N) is 1. The van der Waals surface area contributed by atoms with Crippen molar-refractivity contribution in [2.24, 2.45) is 0 Å². The van der Waals surface area contributed by atoms with Gasteiger partial charge in [0.2, 0.25) is 0 Å². The van der Waals surface area contributed by atoms with Gasteiger partial charge in [-0.15, -0.1) is 0 Å². The van der Waals surface area contributed by atoms with Crippen LogP contribution in [-0.4, -0.2) is 11.6 Å². The average molecular weight is 186 g/mol. The van der Waals surface area contributed by atoms with Gasteiger partial charge in [0.15, 0.2) is 0 Å². The molecule has 0 fully saturated rings. The summed E-state index contributed by atoms with van der Waals surface area (Å²) in [6, 6.07) is 7.94. The number of pyridine rings is 1. The number of fused-ring (bicyclic) bond motifs is 1. The van der Waals surface area contributed by atoms with E-state index in [-0.39, 0.29) is 0 Å². The Balaban J connectivity index is 2.43. The average Bonchev–Trinajstić information content (AvgIpc) is 2.26. The van der Waals surface area contributed by atoms with E-state index >= 15 is 0 Å². The highest BCUT2D eigenvalue weighted by Gasteiger charge is 1.99. The molecule has 0 spiro atoms. The fraction of sp³-hybridized carbons (Fsp3) is 0.167. The molecule has 14 heavy (non-hydrogen) atoms. The topological polar surface area (TPSA) is 22.1 Å². The van der Waals surface area contributed by atoms with Crippen molar-refractivity contribution in [3.05, 3.63) is 43.6 Å². The van der Waals surface area contributed by atoms with E-state index in [2.05, 4.69) is 11.9 Å². The summed E-state index contributed by atoms with van der Waals surface area (Å²) in [6.07, 6.45) is 4.40. The minimum atomic E-state index is 0.654. The Labute approximate surface area is 83.5 Å². The summed E-state index contributed by atoms with van der Waals surface area (Å²) in [5.41, 5.74) is 0. The number of rotatable bonds is 3. The molecule has 0 aliphatic carbocycles. The van der Waals surface area contributed by atoms with Gasteiger partial charge in [0, 0.05) is 23.2 Å². The van der Waals surface area contributed by atoms with Crippen molar-refractivity contribution in [1.82, 2.24) is 4.98 Å². The summed E-state index contributed by atoms with van der Waals surface area (Å²) in [4.78, 5) is 4.07. The molecule has 1 radical (unpaired) electrons. The lowest BCUT2D eigenvalue weighted by atomic mass is 10.1. The molecule has 0 saturated heterocycles. The van der Waals surface area contributed by atoms with Crippen LogP contribution in [0.3, 0.4) is 0 Å². The van der Waals surface area contributed by atoms with Crippen molar-refractivity contribution < 1.29 is 4.74 Å². The quantitative estimate of drug-likeness (QED) is 0.735. The van der Waals surface area contributed by atoms with Crippen molar-refractivity contribution in [3.63, 3.8) is 0 Å². The minimum absolute atomic E-state index is 0.654. The molecule has 2 aromatic rings. The van der Waals surface area contributed by atoms with Gasteiger partial charge in [-0.3, -0.25) is 4.98 Å². The van der Waals surface area contributed by atoms with E-state index in [1.165, 1.54) is 0 Å². The molecular weight excluding hydrogens is 174 g/mol. The molecule has 0 bridgehead atoms. The fourth-order valence-corrected chi connectivity index (χ4v) is 1.40. The third-order valence-corrected chi connectivity index (χ3v) is 2.04. The molecule has 0 saturated carbocycles. The van der Waals surface area contributed by atoms with E-state index in [4.69, 9.17) is 4.74 Å². The SMILES string of the molecule is [CH2]CCOc1cccc2cnccc12. The Bertz CT molecular complexity index is 420. The van der Waals surface area contributed by atoms with Gasteiger partial charge in [-0.05, 0) is 25.5 Å². The van der Waals surface area contributed by atoms with Crippen LogP contribution in [0.15, 0.2) is 36.7 Å². The van der Waals surface area contributed by atoms with Gasteiger partial charge < -0.3 is 4.74 Å². The predicted octanol–water partition coefficient (Wildman–Crippen LogP) is 2.84. The third kappa shape index (κ3) is 1.69. The van der Waals surface area contributed by atoms with Crippen LogP contribution >= 0.6 is 0 Å². The van der Waals surface area contributed by atoms with Crippen molar-refractivity contribution in [2.45, 2.75) is 6.42 Å². The van der Waals surface area contributed by atoms with Crippen LogP contribution in [0.2, 0.25) is 0 Å². The molecule has 2 rings (SSSR count). The molecule has 0 unspecified atom stereocenters. The summed E-state index contributed by atoms with van der Waals surface area (Å²) in [6.45, 7) is 4.40. The third-order valence-electron chi connectivity index (χ3n) is 2.04. The number of ether oxygens (including phenoxy) is 1. The Morgan fingerprint density at radius 1 is 1.29 bits per heavy atom. The van der Waals surface area contributed by atoms with Gasteiger partial charge in [0.1, 0.15) is 5.75 Å². The van der Waals surface area contributed by atoms with Gasteiger partial charge in [-0.2, -0.15) is 0 Å². The minimum Gasteiger partial charge on any atom is -0.493 e. The number of hydrogen-bond donors (Lipinski definition) is 0. The predicted molar refractivity (Wildman–Crippen MR) is 57.2 cm³/mol. The van der Waals surface area contributed by atoms with Crippen molar-refractivity contribution in [3.8, 4) is 5.75 Å². The van der Waals surface area contributed by atoms with Crippen LogP contribution in [0.4, 0.5) is 0 Å². The summed E-state index contributed by atoms with van der Waals surface area (Å²) >= 11 is 0. The number of benzene rings is 1. The smallest absolute Gasteiger partial charge is 0.127 e. The fourth-order valence-electron chi connectivity index (χ4n) is 1.40. The molecule has 1 aromatic heterocycles. The first kappa shape index (κ1) is 9.00. The molecule has 71 valence electrons. The summed E-state index contributed by atoms with van der Waals surface area (Å²) in [5.74, 6) is 0.911. The first-order valence-corrected chi connectivity index (χ1v) is 4.66. The van der Waals surface area contributed by atoms with E-state index in [1.54, 1.807) is 6.20 Å². The molecule has 0 N–H and O–H groups in total. The normalized spacial score (nSPS) is 10.4. The molecule has 0 aliphatic heterocycles. The van der Waals surface area contributed by atoms with E-state index in [0.29, 0.717) is 6.61 Å².